The van der Waals surface area contributed by atoms with Crippen molar-refractivity contribution in [1.29, 1.82) is 0 Å². The quantitative estimate of drug-likeness (QED) is 0.507. The maximum absolute atomic E-state index is 5.81. The summed E-state index contributed by atoms with van der Waals surface area (Å²) in [4.78, 5) is 11.3. The van der Waals surface area contributed by atoms with Crippen LogP contribution in [0.1, 0.15) is 5.56 Å². The summed E-state index contributed by atoms with van der Waals surface area (Å²) < 4.78 is 6.82. The molecular formula is C19H16BrN3O. The first-order chi connectivity index (χ1) is 11.6. The highest BCUT2D eigenvalue weighted by Crippen LogP contribution is 2.30. The zero-order valence-electron chi connectivity index (χ0n) is 13.5. The Morgan fingerprint density at radius 1 is 1.04 bits per heavy atom. The summed E-state index contributed by atoms with van der Waals surface area (Å²) in [6.07, 6.45) is 1.75. The molecule has 0 aliphatic carbocycles. The van der Waals surface area contributed by atoms with Gasteiger partial charge in [0.15, 0.2) is 11.4 Å². The minimum Gasteiger partial charge on any atom is -0.453 e. The summed E-state index contributed by atoms with van der Waals surface area (Å²) in [5.41, 5.74) is 4.64. The van der Waals surface area contributed by atoms with Crippen LogP contribution in [0.25, 0.3) is 33.5 Å². The largest absolute Gasteiger partial charge is 0.453 e. The van der Waals surface area contributed by atoms with Crippen molar-refractivity contribution in [2.45, 2.75) is 6.54 Å². The van der Waals surface area contributed by atoms with E-state index in [0.29, 0.717) is 11.4 Å². The van der Waals surface area contributed by atoms with E-state index in [9.17, 15) is 0 Å². The number of nitrogens with zero attached hydrogens (tertiary/aromatic N) is 3. The van der Waals surface area contributed by atoms with Crippen LogP contribution in [0.2, 0.25) is 0 Å². The molecule has 0 fully saturated rings. The van der Waals surface area contributed by atoms with Crippen LogP contribution in [0.4, 0.5) is 0 Å². The van der Waals surface area contributed by atoms with Crippen LogP contribution in [0.15, 0.2) is 57.6 Å². The van der Waals surface area contributed by atoms with Crippen LogP contribution in [-0.4, -0.2) is 29.0 Å². The van der Waals surface area contributed by atoms with Gasteiger partial charge in [0, 0.05) is 22.0 Å². The highest BCUT2D eigenvalue weighted by Gasteiger charge is 2.11. The van der Waals surface area contributed by atoms with Gasteiger partial charge >= 0.3 is 0 Å². The van der Waals surface area contributed by atoms with Crippen LogP contribution in [0, 0.1) is 0 Å². The van der Waals surface area contributed by atoms with Crippen molar-refractivity contribution < 1.29 is 4.42 Å². The Morgan fingerprint density at radius 3 is 2.58 bits per heavy atom. The minimum atomic E-state index is 0.705. The van der Waals surface area contributed by atoms with Crippen LogP contribution in [0.3, 0.4) is 0 Å². The Labute approximate surface area is 148 Å². The summed E-state index contributed by atoms with van der Waals surface area (Å²) >= 11 is 3.50. The van der Waals surface area contributed by atoms with Gasteiger partial charge in [0.1, 0.15) is 11.1 Å². The molecule has 4 aromatic rings. The lowest BCUT2D eigenvalue weighted by atomic mass is 10.1. The summed E-state index contributed by atoms with van der Waals surface area (Å²) in [5.74, 6) is 0.710. The SMILES string of the molecule is CN(C)Cc1ccc(-c2ncc3oc4ccc(Br)cc4c3n2)cc1. The standard InChI is InChI=1S/C19H16BrN3O/c1-23(2)11-12-3-5-13(6-4-12)19-21-10-17-18(22-19)15-9-14(20)7-8-16(15)24-17/h3-10H,11H2,1-2H3. The van der Waals surface area contributed by atoms with Crippen molar-refractivity contribution >= 4 is 38.0 Å². The molecule has 0 aliphatic heterocycles. The van der Waals surface area contributed by atoms with Crippen molar-refractivity contribution in [2.24, 2.45) is 0 Å². The van der Waals surface area contributed by atoms with Crippen molar-refractivity contribution in [3.05, 3.63) is 58.7 Å². The van der Waals surface area contributed by atoms with Gasteiger partial charge in [0.2, 0.25) is 0 Å². The van der Waals surface area contributed by atoms with Crippen molar-refractivity contribution in [2.75, 3.05) is 14.1 Å². The molecule has 0 bridgehead atoms. The normalized spacial score (nSPS) is 11.7. The van der Waals surface area contributed by atoms with E-state index in [4.69, 9.17) is 9.40 Å². The molecule has 120 valence electrons. The first kappa shape index (κ1) is 15.3. The monoisotopic (exact) mass is 381 g/mol. The molecule has 0 atom stereocenters. The van der Waals surface area contributed by atoms with Gasteiger partial charge in [-0.3, -0.25) is 0 Å². The lowest BCUT2D eigenvalue weighted by Crippen LogP contribution is -2.10. The number of rotatable bonds is 3. The van der Waals surface area contributed by atoms with Crippen molar-refractivity contribution in [3.8, 4) is 11.4 Å². The molecule has 0 unspecified atom stereocenters. The fraction of sp³-hybridized carbons (Fsp3) is 0.158. The lowest BCUT2D eigenvalue weighted by molar-refractivity contribution is 0.402. The van der Waals surface area contributed by atoms with Crippen molar-refractivity contribution in [1.82, 2.24) is 14.9 Å². The molecule has 2 aromatic heterocycles. The van der Waals surface area contributed by atoms with Gasteiger partial charge in [-0.2, -0.15) is 0 Å². The number of halogens is 1. The smallest absolute Gasteiger partial charge is 0.172 e. The second kappa shape index (κ2) is 6.00. The first-order valence-corrected chi connectivity index (χ1v) is 8.48. The maximum atomic E-state index is 5.81. The summed E-state index contributed by atoms with van der Waals surface area (Å²) in [6.45, 7) is 0.917. The number of hydrogen-bond acceptors (Lipinski definition) is 4. The van der Waals surface area contributed by atoms with Gasteiger partial charge in [-0.05, 0) is 37.9 Å². The third-order valence-corrected chi connectivity index (χ3v) is 4.38. The van der Waals surface area contributed by atoms with E-state index in [1.807, 2.05) is 18.2 Å². The van der Waals surface area contributed by atoms with Gasteiger partial charge in [-0.15, -0.1) is 0 Å². The molecule has 5 heteroatoms. The topological polar surface area (TPSA) is 42.2 Å². The molecule has 0 aliphatic rings. The lowest BCUT2D eigenvalue weighted by Gasteiger charge is -2.09. The molecule has 0 amide bonds. The second-order valence-electron chi connectivity index (χ2n) is 6.08. The van der Waals surface area contributed by atoms with Crippen LogP contribution in [-0.2, 0) is 6.54 Å². The Kier molecular flexibility index (Phi) is 3.82. The molecule has 2 heterocycles. The second-order valence-corrected chi connectivity index (χ2v) is 7.00. The third-order valence-electron chi connectivity index (χ3n) is 3.88. The van der Waals surface area contributed by atoms with E-state index in [1.54, 1.807) is 6.20 Å². The summed E-state index contributed by atoms with van der Waals surface area (Å²) in [7, 11) is 4.13. The Hall–Kier alpha value is -2.24. The zero-order chi connectivity index (χ0) is 16.7. The van der Waals surface area contributed by atoms with E-state index in [2.05, 4.69) is 64.2 Å². The van der Waals surface area contributed by atoms with Crippen molar-refractivity contribution in [3.63, 3.8) is 0 Å². The molecule has 24 heavy (non-hydrogen) atoms. The minimum absolute atomic E-state index is 0.705. The molecule has 0 N–H and O–H groups in total. The van der Waals surface area contributed by atoms with E-state index in [-0.39, 0.29) is 0 Å². The molecule has 0 saturated carbocycles. The number of benzene rings is 2. The number of hydrogen-bond donors (Lipinski definition) is 0. The number of fused-ring (bicyclic) bond motifs is 3. The van der Waals surface area contributed by atoms with Crippen LogP contribution < -0.4 is 0 Å². The summed E-state index contributed by atoms with van der Waals surface area (Å²) in [6, 6.07) is 14.3. The van der Waals surface area contributed by atoms with Gasteiger partial charge in [-0.25, -0.2) is 9.97 Å². The molecule has 0 spiro atoms. The fourth-order valence-electron chi connectivity index (χ4n) is 2.80. The zero-order valence-corrected chi connectivity index (χ0v) is 15.0. The molecule has 4 rings (SSSR count). The van der Waals surface area contributed by atoms with Gasteiger partial charge in [0.25, 0.3) is 0 Å². The Balaban J connectivity index is 1.79. The molecule has 0 saturated heterocycles. The predicted octanol–water partition coefficient (Wildman–Crippen LogP) is 4.87. The number of aromatic nitrogens is 2. The molecule has 2 aromatic carbocycles. The maximum Gasteiger partial charge on any atom is 0.172 e. The molecule has 4 nitrogen and oxygen atoms in total. The van der Waals surface area contributed by atoms with E-state index >= 15 is 0 Å². The Bertz CT molecular complexity index is 1020. The van der Waals surface area contributed by atoms with E-state index in [0.717, 1.165) is 33.1 Å². The average Bonchev–Trinajstić information content (AvgIpc) is 2.92. The van der Waals surface area contributed by atoms with Crippen LogP contribution >= 0.6 is 15.9 Å². The fourth-order valence-corrected chi connectivity index (χ4v) is 3.16. The third kappa shape index (κ3) is 2.81. The van der Waals surface area contributed by atoms with E-state index in [1.165, 1.54) is 5.56 Å². The molecule has 0 radical (unpaired) electrons. The summed E-state index contributed by atoms with van der Waals surface area (Å²) in [5, 5.41) is 0.993. The average molecular weight is 382 g/mol. The van der Waals surface area contributed by atoms with E-state index < -0.39 is 0 Å². The van der Waals surface area contributed by atoms with Gasteiger partial charge in [0.05, 0.1) is 6.20 Å². The van der Waals surface area contributed by atoms with Crippen LogP contribution in [0.5, 0.6) is 0 Å². The predicted molar refractivity (Wildman–Crippen MR) is 99.8 cm³/mol. The highest BCUT2D eigenvalue weighted by atomic mass is 79.9. The highest BCUT2D eigenvalue weighted by molar-refractivity contribution is 9.10. The van der Waals surface area contributed by atoms with Gasteiger partial charge in [-0.1, -0.05) is 40.2 Å². The first-order valence-electron chi connectivity index (χ1n) is 7.69. The Morgan fingerprint density at radius 2 is 1.83 bits per heavy atom. The molecular weight excluding hydrogens is 366 g/mol. The number of furan rings is 1. The van der Waals surface area contributed by atoms with Gasteiger partial charge < -0.3 is 9.32 Å².